The minimum Gasteiger partial charge on any atom is -0.492 e. The Morgan fingerprint density at radius 1 is 1.14 bits per heavy atom. The van der Waals surface area contributed by atoms with E-state index >= 15 is 0 Å². The molecule has 0 amide bonds. The van der Waals surface area contributed by atoms with Crippen molar-refractivity contribution in [1.82, 2.24) is 5.32 Å². The van der Waals surface area contributed by atoms with Gasteiger partial charge in [-0.05, 0) is 44.2 Å². The standard InChI is InChI=1S/C17H19Cl2NO/c1-4-21-17-10-15(18)14(9-16(17)19)13-7-5-6-12(8-13)11(2)20-3/h5-11,20H,4H2,1-3H3. The first kappa shape index (κ1) is 16.2. The Kier molecular flexibility index (Phi) is 5.51. The maximum atomic E-state index is 6.38. The first-order valence-corrected chi connectivity index (χ1v) is 7.71. The van der Waals surface area contributed by atoms with Crippen LogP contribution in [-0.4, -0.2) is 13.7 Å². The lowest BCUT2D eigenvalue weighted by Crippen LogP contribution is -2.12. The highest BCUT2D eigenvalue weighted by Crippen LogP contribution is 2.37. The Morgan fingerprint density at radius 2 is 1.90 bits per heavy atom. The monoisotopic (exact) mass is 323 g/mol. The molecule has 0 bridgehead atoms. The van der Waals surface area contributed by atoms with Gasteiger partial charge in [0, 0.05) is 17.7 Å². The number of halogens is 2. The highest BCUT2D eigenvalue weighted by Gasteiger charge is 2.11. The molecule has 2 aromatic carbocycles. The predicted octanol–water partition coefficient (Wildman–Crippen LogP) is 5.34. The summed E-state index contributed by atoms with van der Waals surface area (Å²) in [5.41, 5.74) is 3.16. The van der Waals surface area contributed by atoms with Crippen molar-refractivity contribution in [2.45, 2.75) is 19.9 Å². The Balaban J connectivity index is 2.44. The molecule has 0 fully saturated rings. The minimum absolute atomic E-state index is 0.280. The molecule has 0 heterocycles. The van der Waals surface area contributed by atoms with Crippen molar-refractivity contribution in [1.29, 1.82) is 0 Å². The molecule has 2 rings (SSSR count). The molecular weight excluding hydrogens is 305 g/mol. The Labute approximate surface area is 136 Å². The Bertz CT molecular complexity index is 628. The molecule has 0 spiro atoms. The molecule has 21 heavy (non-hydrogen) atoms. The van der Waals surface area contributed by atoms with Crippen LogP contribution in [0.25, 0.3) is 11.1 Å². The summed E-state index contributed by atoms with van der Waals surface area (Å²) in [6, 6.07) is 12.2. The van der Waals surface area contributed by atoms with Crippen molar-refractivity contribution in [3.63, 3.8) is 0 Å². The van der Waals surface area contributed by atoms with Gasteiger partial charge >= 0.3 is 0 Å². The second kappa shape index (κ2) is 7.17. The van der Waals surface area contributed by atoms with E-state index in [2.05, 4.69) is 24.4 Å². The zero-order valence-corrected chi connectivity index (χ0v) is 13.9. The van der Waals surface area contributed by atoms with E-state index in [9.17, 15) is 0 Å². The Hall–Kier alpha value is -1.22. The van der Waals surface area contributed by atoms with Gasteiger partial charge in [0.15, 0.2) is 0 Å². The van der Waals surface area contributed by atoms with Crippen molar-refractivity contribution in [2.75, 3.05) is 13.7 Å². The van der Waals surface area contributed by atoms with Crippen molar-refractivity contribution in [3.8, 4) is 16.9 Å². The van der Waals surface area contributed by atoms with Gasteiger partial charge in [-0.25, -0.2) is 0 Å². The van der Waals surface area contributed by atoms with E-state index in [1.165, 1.54) is 5.56 Å². The van der Waals surface area contributed by atoms with E-state index in [1.54, 1.807) is 6.07 Å². The van der Waals surface area contributed by atoms with Crippen molar-refractivity contribution in [2.24, 2.45) is 0 Å². The lowest BCUT2D eigenvalue weighted by molar-refractivity contribution is 0.340. The third-order valence-corrected chi connectivity index (χ3v) is 4.06. The summed E-state index contributed by atoms with van der Waals surface area (Å²) in [6.45, 7) is 4.59. The van der Waals surface area contributed by atoms with Gasteiger partial charge in [-0.1, -0.05) is 41.4 Å². The van der Waals surface area contributed by atoms with Crippen LogP contribution >= 0.6 is 23.2 Å². The van der Waals surface area contributed by atoms with E-state index in [0.29, 0.717) is 22.4 Å². The number of hydrogen-bond donors (Lipinski definition) is 1. The first-order valence-electron chi connectivity index (χ1n) is 6.96. The largest absolute Gasteiger partial charge is 0.492 e. The average Bonchev–Trinajstić information content (AvgIpc) is 2.50. The van der Waals surface area contributed by atoms with Crippen LogP contribution in [0.3, 0.4) is 0 Å². The second-order valence-corrected chi connectivity index (χ2v) is 5.65. The SMILES string of the molecule is CCOc1cc(Cl)c(-c2cccc(C(C)NC)c2)cc1Cl. The summed E-state index contributed by atoms with van der Waals surface area (Å²) in [6.07, 6.45) is 0. The summed E-state index contributed by atoms with van der Waals surface area (Å²) >= 11 is 12.6. The van der Waals surface area contributed by atoms with E-state index in [-0.39, 0.29) is 6.04 Å². The van der Waals surface area contributed by atoms with Gasteiger partial charge < -0.3 is 10.1 Å². The maximum Gasteiger partial charge on any atom is 0.139 e. The number of ether oxygens (including phenoxy) is 1. The van der Waals surface area contributed by atoms with E-state index in [4.69, 9.17) is 27.9 Å². The molecule has 0 aliphatic rings. The lowest BCUT2D eigenvalue weighted by atomic mass is 10.00. The van der Waals surface area contributed by atoms with Gasteiger partial charge in [0.1, 0.15) is 5.75 Å². The van der Waals surface area contributed by atoms with Crippen LogP contribution in [0.2, 0.25) is 10.0 Å². The summed E-state index contributed by atoms with van der Waals surface area (Å²) < 4.78 is 5.46. The fourth-order valence-corrected chi connectivity index (χ4v) is 2.64. The summed E-state index contributed by atoms with van der Waals surface area (Å²) in [5.74, 6) is 0.618. The van der Waals surface area contributed by atoms with Gasteiger partial charge in [-0.2, -0.15) is 0 Å². The fourth-order valence-electron chi connectivity index (χ4n) is 2.16. The lowest BCUT2D eigenvalue weighted by Gasteiger charge is -2.14. The quantitative estimate of drug-likeness (QED) is 0.801. The van der Waals surface area contributed by atoms with Gasteiger partial charge in [0.25, 0.3) is 0 Å². The van der Waals surface area contributed by atoms with Crippen LogP contribution in [0, 0.1) is 0 Å². The summed E-state index contributed by atoms with van der Waals surface area (Å²) in [5, 5.41) is 4.44. The number of benzene rings is 2. The average molecular weight is 324 g/mol. The normalized spacial score (nSPS) is 12.2. The van der Waals surface area contributed by atoms with Crippen molar-refractivity contribution in [3.05, 3.63) is 52.0 Å². The van der Waals surface area contributed by atoms with Crippen LogP contribution < -0.4 is 10.1 Å². The highest BCUT2D eigenvalue weighted by molar-refractivity contribution is 6.36. The maximum absolute atomic E-state index is 6.38. The molecule has 0 radical (unpaired) electrons. The topological polar surface area (TPSA) is 21.3 Å². The second-order valence-electron chi connectivity index (χ2n) is 4.83. The van der Waals surface area contributed by atoms with Crippen LogP contribution in [0.5, 0.6) is 5.75 Å². The summed E-state index contributed by atoms with van der Waals surface area (Å²) in [4.78, 5) is 0. The van der Waals surface area contributed by atoms with Crippen molar-refractivity contribution >= 4 is 23.2 Å². The van der Waals surface area contributed by atoms with Gasteiger partial charge in [-0.3, -0.25) is 0 Å². The zero-order chi connectivity index (χ0) is 15.4. The molecule has 0 saturated heterocycles. The van der Waals surface area contributed by atoms with Crippen LogP contribution in [0.15, 0.2) is 36.4 Å². The molecular formula is C17H19Cl2NO. The van der Waals surface area contributed by atoms with Gasteiger partial charge in [-0.15, -0.1) is 0 Å². The minimum atomic E-state index is 0.280. The highest BCUT2D eigenvalue weighted by atomic mass is 35.5. The number of nitrogens with one attached hydrogen (secondary N) is 1. The van der Waals surface area contributed by atoms with Crippen LogP contribution in [-0.2, 0) is 0 Å². The third-order valence-electron chi connectivity index (χ3n) is 3.45. The number of hydrogen-bond acceptors (Lipinski definition) is 2. The fraction of sp³-hybridized carbons (Fsp3) is 0.294. The number of rotatable bonds is 5. The molecule has 0 aliphatic heterocycles. The first-order chi connectivity index (χ1) is 10.1. The molecule has 1 unspecified atom stereocenters. The van der Waals surface area contributed by atoms with Gasteiger partial charge in [0.05, 0.1) is 16.7 Å². The van der Waals surface area contributed by atoms with E-state index < -0.39 is 0 Å². The molecule has 2 nitrogen and oxygen atoms in total. The summed E-state index contributed by atoms with van der Waals surface area (Å²) in [7, 11) is 1.94. The van der Waals surface area contributed by atoms with Crippen LogP contribution in [0.1, 0.15) is 25.5 Å². The molecule has 2 aromatic rings. The molecule has 0 aliphatic carbocycles. The predicted molar refractivity (Wildman–Crippen MR) is 90.5 cm³/mol. The molecule has 1 atom stereocenters. The van der Waals surface area contributed by atoms with Gasteiger partial charge in [0.2, 0.25) is 0 Å². The van der Waals surface area contributed by atoms with E-state index in [0.717, 1.165) is 11.1 Å². The zero-order valence-electron chi connectivity index (χ0n) is 12.4. The molecule has 112 valence electrons. The molecule has 0 aromatic heterocycles. The molecule has 1 N–H and O–H groups in total. The molecule has 4 heteroatoms. The van der Waals surface area contributed by atoms with E-state index in [1.807, 2.05) is 32.2 Å². The smallest absolute Gasteiger partial charge is 0.139 e. The van der Waals surface area contributed by atoms with Crippen molar-refractivity contribution < 1.29 is 4.74 Å². The Morgan fingerprint density at radius 3 is 2.57 bits per heavy atom. The van der Waals surface area contributed by atoms with Crippen LogP contribution in [0.4, 0.5) is 0 Å². The molecule has 0 saturated carbocycles. The third kappa shape index (κ3) is 3.70.